The Morgan fingerprint density at radius 1 is 1.28 bits per heavy atom. The number of carbonyl (C=O) groups excluding carboxylic acids is 3. The quantitative estimate of drug-likeness (QED) is 0.652. The van der Waals surface area contributed by atoms with E-state index in [1.54, 1.807) is 0 Å². The highest BCUT2D eigenvalue weighted by Gasteiger charge is 2.12. The van der Waals surface area contributed by atoms with Crippen molar-refractivity contribution in [2.24, 2.45) is 0 Å². The smallest absolute Gasteiger partial charge is 0.303 e. The van der Waals surface area contributed by atoms with Gasteiger partial charge in [-0.05, 0) is 25.1 Å². The molecule has 0 heterocycles. The molecule has 1 N–H and O–H groups in total. The van der Waals surface area contributed by atoms with E-state index in [1.807, 2.05) is 0 Å². The van der Waals surface area contributed by atoms with Crippen LogP contribution >= 0.6 is 0 Å². The Morgan fingerprint density at radius 3 is 2.50 bits per heavy atom. The lowest BCUT2D eigenvalue weighted by atomic mass is 10.1. The van der Waals surface area contributed by atoms with Crippen molar-refractivity contribution in [3.05, 3.63) is 29.6 Å². The maximum absolute atomic E-state index is 13.0. The molecule has 0 aliphatic rings. The van der Waals surface area contributed by atoms with Gasteiger partial charge in [-0.15, -0.1) is 0 Å². The van der Waals surface area contributed by atoms with Gasteiger partial charge in [0.1, 0.15) is 5.82 Å². The van der Waals surface area contributed by atoms with Crippen LogP contribution in [0.15, 0.2) is 18.2 Å². The van der Waals surface area contributed by atoms with Gasteiger partial charge in [0.2, 0.25) is 0 Å². The van der Waals surface area contributed by atoms with E-state index in [2.05, 4.69) is 10.1 Å². The standard InChI is InChI=1S/C12H12FNO4/c1-7(15)10-5-9(13)3-4-11(10)14-12(17)6-18-8(2)16/h3-5H,6H2,1-2H3,(H,14,17). The number of hydrogen-bond donors (Lipinski definition) is 1. The molecule has 0 aromatic heterocycles. The molecule has 18 heavy (non-hydrogen) atoms. The number of Topliss-reactive ketones (excluding diaryl/α,β-unsaturated/α-hetero) is 1. The van der Waals surface area contributed by atoms with Gasteiger partial charge in [0.05, 0.1) is 5.69 Å². The van der Waals surface area contributed by atoms with Crippen molar-refractivity contribution in [2.75, 3.05) is 11.9 Å². The van der Waals surface area contributed by atoms with Crippen LogP contribution in [0.1, 0.15) is 24.2 Å². The monoisotopic (exact) mass is 253 g/mol. The number of ketones is 1. The summed E-state index contributed by atoms with van der Waals surface area (Å²) in [5.41, 5.74) is 0.243. The van der Waals surface area contributed by atoms with E-state index in [-0.39, 0.29) is 17.0 Å². The maximum Gasteiger partial charge on any atom is 0.303 e. The minimum atomic E-state index is -0.598. The number of rotatable bonds is 4. The van der Waals surface area contributed by atoms with Gasteiger partial charge < -0.3 is 10.1 Å². The first-order chi connectivity index (χ1) is 8.40. The summed E-state index contributed by atoms with van der Waals surface area (Å²) in [6.45, 7) is 1.98. The summed E-state index contributed by atoms with van der Waals surface area (Å²) >= 11 is 0. The summed E-state index contributed by atoms with van der Waals surface area (Å²) < 4.78 is 17.5. The van der Waals surface area contributed by atoms with Gasteiger partial charge in [0.25, 0.3) is 5.91 Å². The Balaban J connectivity index is 2.81. The first-order valence-corrected chi connectivity index (χ1v) is 5.14. The SMILES string of the molecule is CC(=O)OCC(=O)Nc1ccc(F)cc1C(C)=O. The third-order valence-corrected chi connectivity index (χ3v) is 2.04. The number of halogens is 1. The van der Waals surface area contributed by atoms with Crippen molar-refractivity contribution >= 4 is 23.3 Å². The molecule has 0 fully saturated rings. The molecule has 1 rings (SSSR count). The summed E-state index contributed by atoms with van der Waals surface area (Å²) in [6.07, 6.45) is 0. The predicted molar refractivity (Wildman–Crippen MR) is 61.7 cm³/mol. The van der Waals surface area contributed by atoms with Crippen LogP contribution in [0.5, 0.6) is 0 Å². The number of benzene rings is 1. The highest BCUT2D eigenvalue weighted by atomic mass is 19.1. The van der Waals surface area contributed by atoms with Crippen molar-refractivity contribution in [3.8, 4) is 0 Å². The van der Waals surface area contributed by atoms with Crippen molar-refractivity contribution in [1.29, 1.82) is 0 Å². The number of carbonyl (C=O) groups is 3. The molecule has 0 aliphatic carbocycles. The van der Waals surface area contributed by atoms with E-state index in [9.17, 15) is 18.8 Å². The molecule has 1 aromatic rings. The van der Waals surface area contributed by atoms with Gasteiger partial charge in [-0.1, -0.05) is 0 Å². The summed E-state index contributed by atoms with van der Waals surface area (Å²) in [5, 5.41) is 2.37. The van der Waals surface area contributed by atoms with Crippen molar-refractivity contribution in [3.63, 3.8) is 0 Å². The largest absolute Gasteiger partial charge is 0.456 e. The lowest BCUT2D eigenvalue weighted by Crippen LogP contribution is -2.21. The van der Waals surface area contributed by atoms with Crippen molar-refractivity contribution in [1.82, 2.24) is 0 Å². The molecule has 0 aliphatic heterocycles. The summed E-state index contributed by atoms with van der Waals surface area (Å²) in [4.78, 5) is 33.2. The second-order valence-electron chi connectivity index (χ2n) is 3.57. The van der Waals surface area contributed by atoms with Gasteiger partial charge in [-0.3, -0.25) is 14.4 Å². The van der Waals surface area contributed by atoms with E-state index in [0.29, 0.717) is 0 Å². The molecule has 0 bridgehead atoms. The van der Waals surface area contributed by atoms with Crippen LogP contribution in [0.3, 0.4) is 0 Å². The zero-order valence-corrected chi connectivity index (χ0v) is 9.95. The molecule has 1 aromatic carbocycles. The lowest BCUT2D eigenvalue weighted by molar-refractivity contribution is -0.144. The molecule has 0 saturated carbocycles. The molecule has 1 amide bonds. The molecule has 5 nitrogen and oxygen atoms in total. The molecule has 0 unspecified atom stereocenters. The van der Waals surface area contributed by atoms with E-state index in [4.69, 9.17) is 0 Å². The third kappa shape index (κ3) is 3.97. The number of ether oxygens (including phenoxy) is 1. The Labute approximate surface area is 103 Å². The number of anilines is 1. The van der Waals surface area contributed by atoms with Gasteiger partial charge in [0.15, 0.2) is 12.4 Å². The van der Waals surface area contributed by atoms with Gasteiger partial charge in [-0.25, -0.2) is 4.39 Å². The van der Waals surface area contributed by atoms with Crippen LogP contribution in [-0.2, 0) is 14.3 Å². The highest BCUT2D eigenvalue weighted by Crippen LogP contribution is 2.17. The average molecular weight is 253 g/mol. The van der Waals surface area contributed by atoms with Gasteiger partial charge in [-0.2, -0.15) is 0 Å². The Hall–Kier alpha value is -2.24. The van der Waals surface area contributed by atoms with Crippen LogP contribution in [-0.4, -0.2) is 24.3 Å². The van der Waals surface area contributed by atoms with Gasteiger partial charge >= 0.3 is 5.97 Å². The number of amides is 1. The molecule has 0 spiro atoms. The summed E-state index contributed by atoms with van der Waals surface area (Å²) in [5.74, 6) is -2.13. The van der Waals surface area contributed by atoms with Crippen LogP contribution in [0.25, 0.3) is 0 Å². The zero-order chi connectivity index (χ0) is 13.7. The third-order valence-electron chi connectivity index (χ3n) is 2.04. The fourth-order valence-electron chi connectivity index (χ4n) is 1.27. The van der Waals surface area contributed by atoms with Crippen LogP contribution in [0, 0.1) is 5.82 Å². The Morgan fingerprint density at radius 2 is 1.94 bits per heavy atom. The molecule has 0 atom stereocenters. The highest BCUT2D eigenvalue weighted by molar-refractivity contribution is 6.04. The van der Waals surface area contributed by atoms with E-state index >= 15 is 0 Å². The first-order valence-electron chi connectivity index (χ1n) is 5.14. The van der Waals surface area contributed by atoms with Crippen molar-refractivity contribution in [2.45, 2.75) is 13.8 Å². The van der Waals surface area contributed by atoms with Gasteiger partial charge in [0, 0.05) is 12.5 Å². The molecule has 6 heteroatoms. The molecule has 0 radical (unpaired) electrons. The summed E-state index contributed by atoms with van der Waals surface area (Å²) in [7, 11) is 0. The second kappa shape index (κ2) is 5.90. The minimum Gasteiger partial charge on any atom is -0.456 e. The molecule has 0 saturated heterocycles. The number of hydrogen-bond acceptors (Lipinski definition) is 4. The Bertz CT molecular complexity index is 499. The Kier molecular flexibility index (Phi) is 4.53. The lowest BCUT2D eigenvalue weighted by Gasteiger charge is -2.09. The minimum absolute atomic E-state index is 0.0613. The van der Waals surface area contributed by atoms with E-state index in [0.717, 1.165) is 12.1 Å². The molecular weight excluding hydrogens is 241 g/mol. The summed E-state index contributed by atoms with van der Waals surface area (Å²) in [6, 6.07) is 3.43. The first kappa shape index (κ1) is 13.8. The van der Waals surface area contributed by atoms with Crippen LogP contribution in [0.2, 0.25) is 0 Å². The average Bonchev–Trinajstić information content (AvgIpc) is 2.28. The fourth-order valence-corrected chi connectivity index (χ4v) is 1.27. The zero-order valence-electron chi connectivity index (χ0n) is 9.95. The van der Waals surface area contributed by atoms with Crippen LogP contribution in [0.4, 0.5) is 10.1 Å². The second-order valence-corrected chi connectivity index (χ2v) is 3.57. The van der Waals surface area contributed by atoms with Crippen LogP contribution < -0.4 is 5.32 Å². The van der Waals surface area contributed by atoms with E-state index in [1.165, 1.54) is 19.9 Å². The fraction of sp³-hybridized carbons (Fsp3) is 0.250. The normalized spacial score (nSPS) is 9.72. The number of esters is 1. The predicted octanol–water partition coefficient (Wildman–Crippen LogP) is 1.53. The maximum atomic E-state index is 13.0. The number of nitrogens with one attached hydrogen (secondary N) is 1. The molecule has 96 valence electrons. The molecular formula is C12H12FNO4. The van der Waals surface area contributed by atoms with Crippen molar-refractivity contribution < 1.29 is 23.5 Å². The van der Waals surface area contributed by atoms with E-state index < -0.39 is 24.3 Å². The topological polar surface area (TPSA) is 72.5 Å².